The van der Waals surface area contributed by atoms with Crippen LogP contribution in [0.25, 0.3) is 0 Å². The topological polar surface area (TPSA) is 79.9 Å². The van der Waals surface area contributed by atoms with Crippen LogP contribution in [-0.4, -0.2) is 28.2 Å². The van der Waals surface area contributed by atoms with Crippen molar-refractivity contribution in [2.24, 2.45) is 0 Å². The van der Waals surface area contributed by atoms with Crippen LogP contribution in [0.1, 0.15) is 40.5 Å². The maximum absolute atomic E-state index is 12.0. The average molecular weight is 272 g/mol. The number of rotatable bonds is 5. The first-order chi connectivity index (χ1) is 9.76. The Labute approximate surface area is 116 Å². The molecule has 2 aromatic rings. The van der Waals surface area contributed by atoms with Crippen LogP contribution in [0.15, 0.2) is 24.4 Å². The number of aromatic nitrogens is 3. The van der Waals surface area contributed by atoms with Crippen molar-refractivity contribution >= 4 is 5.91 Å². The van der Waals surface area contributed by atoms with Crippen LogP contribution in [0.2, 0.25) is 0 Å². The number of carbonyl (C=O) groups is 1. The van der Waals surface area contributed by atoms with Crippen molar-refractivity contribution in [1.29, 1.82) is 0 Å². The lowest BCUT2D eigenvalue weighted by atomic mass is 10.2. The minimum Gasteiger partial charge on any atom is -0.481 e. The zero-order valence-electron chi connectivity index (χ0n) is 11.2. The van der Waals surface area contributed by atoms with Gasteiger partial charge in [-0.05, 0) is 24.5 Å². The van der Waals surface area contributed by atoms with Crippen molar-refractivity contribution in [3.05, 3.63) is 41.3 Å². The van der Waals surface area contributed by atoms with E-state index in [1.54, 1.807) is 19.4 Å². The molecular formula is C14H16N4O2. The minimum atomic E-state index is -0.177. The van der Waals surface area contributed by atoms with E-state index in [1.165, 1.54) is 12.8 Å². The molecule has 1 fully saturated rings. The van der Waals surface area contributed by atoms with Gasteiger partial charge in [0.2, 0.25) is 5.88 Å². The summed E-state index contributed by atoms with van der Waals surface area (Å²) >= 11 is 0. The number of nitrogens with one attached hydrogen (secondary N) is 2. The number of carbonyl (C=O) groups excluding carboxylic acids is 1. The minimum absolute atomic E-state index is 0.177. The van der Waals surface area contributed by atoms with Gasteiger partial charge < -0.3 is 10.1 Å². The Bertz CT molecular complexity index is 602. The fourth-order valence-electron chi connectivity index (χ4n) is 1.97. The van der Waals surface area contributed by atoms with Gasteiger partial charge in [0, 0.05) is 30.4 Å². The molecule has 104 valence electrons. The Balaban J connectivity index is 1.57. The van der Waals surface area contributed by atoms with Crippen LogP contribution in [-0.2, 0) is 6.54 Å². The van der Waals surface area contributed by atoms with E-state index >= 15 is 0 Å². The van der Waals surface area contributed by atoms with E-state index in [0.29, 0.717) is 24.0 Å². The van der Waals surface area contributed by atoms with Crippen LogP contribution in [0.5, 0.6) is 5.88 Å². The number of hydrogen-bond acceptors (Lipinski definition) is 4. The molecule has 0 radical (unpaired) electrons. The van der Waals surface area contributed by atoms with E-state index in [0.717, 1.165) is 11.3 Å². The summed E-state index contributed by atoms with van der Waals surface area (Å²) in [5.74, 6) is 0.945. The molecule has 20 heavy (non-hydrogen) atoms. The number of nitrogens with zero attached hydrogens (tertiary/aromatic N) is 2. The van der Waals surface area contributed by atoms with Gasteiger partial charge in [-0.2, -0.15) is 5.10 Å². The fourth-order valence-corrected chi connectivity index (χ4v) is 1.97. The largest absolute Gasteiger partial charge is 0.481 e. The van der Waals surface area contributed by atoms with Crippen LogP contribution in [0.4, 0.5) is 0 Å². The molecule has 0 aromatic carbocycles. The third-order valence-electron chi connectivity index (χ3n) is 3.31. The number of amides is 1. The van der Waals surface area contributed by atoms with Gasteiger partial charge in [-0.15, -0.1) is 0 Å². The van der Waals surface area contributed by atoms with Crippen LogP contribution < -0.4 is 10.1 Å². The van der Waals surface area contributed by atoms with Crippen molar-refractivity contribution in [2.75, 3.05) is 7.11 Å². The number of H-pyrrole nitrogens is 1. The molecule has 0 bridgehead atoms. The first-order valence-corrected chi connectivity index (χ1v) is 6.58. The molecule has 2 heterocycles. The van der Waals surface area contributed by atoms with Gasteiger partial charge in [0.05, 0.1) is 7.11 Å². The normalized spacial score (nSPS) is 14.1. The molecule has 0 unspecified atom stereocenters. The molecule has 0 aliphatic heterocycles. The second-order valence-electron chi connectivity index (χ2n) is 4.87. The van der Waals surface area contributed by atoms with Crippen LogP contribution >= 0.6 is 0 Å². The molecule has 6 nitrogen and oxygen atoms in total. The first kappa shape index (κ1) is 12.7. The lowest BCUT2D eigenvalue weighted by Crippen LogP contribution is -2.23. The Hall–Kier alpha value is -2.37. The number of pyridine rings is 1. The highest BCUT2D eigenvalue weighted by molar-refractivity contribution is 5.92. The standard InChI is InChI=1S/C14H16N4O2/c1-20-13-5-2-9(7-15-13)8-16-14(19)12-6-11(17-18-12)10-3-4-10/h2,5-7,10H,3-4,8H2,1H3,(H,16,19)(H,17,18). The number of ether oxygens (including phenoxy) is 1. The fraction of sp³-hybridized carbons (Fsp3) is 0.357. The molecule has 6 heteroatoms. The van der Waals surface area contributed by atoms with E-state index in [-0.39, 0.29) is 5.91 Å². The second kappa shape index (κ2) is 5.32. The van der Waals surface area contributed by atoms with Crippen molar-refractivity contribution < 1.29 is 9.53 Å². The Kier molecular flexibility index (Phi) is 3.37. The molecule has 1 amide bonds. The van der Waals surface area contributed by atoms with E-state index in [1.807, 2.05) is 12.1 Å². The molecule has 0 atom stereocenters. The average Bonchev–Trinajstić information content (AvgIpc) is 3.22. The van der Waals surface area contributed by atoms with Gasteiger partial charge in [-0.1, -0.05) is 6.07 Å². The summed E-state index contributed by atoms with van der Waals surface area (Å²) in [7, 11) is 1.57. The maximum atomic E-state index is 12.0. The Morgan fingerprint density at radius 1 is 1.50 bits per heavy atom. The molecule has 1 aliphatic carbocycles. The summed E-state index contributed by atoms with van der Waals surface area (Å²) in [6, 6.07) is 5.47. The highest BCUT2D eigenvalue weighted by atomic mass is 16.5. The summed E-state index contributed by atoms with van der Waals surface area (Å²) in [5.41, 5.74) is 2.41. The zero-order valence-corrected chi connectivity index (χ0v) is 11.2. The van der Waals surface area contributed by atoms with E-state index in [2.05, 4.69) is 20.5 Å². The second-order valence-corrected chi connectivity index (χ2v) is 4.87. The van der Waals surface area contributed by atoms with Crippen molar-refractivity contribution in [3.63, 3.8) is 0 Å². The van der Waals surface area contributed by atoms with Crippen molar-refractivity contribution in [2.45, 2.75) is 25.3 Å². The summed E-state index contributed by atoms with van der Waals surface area (Å²) < 4.78 is 4.98. The SMILES string of the molecule is COc1ccc(CNC(=O)c2cc(C3CC3)[nH]n2)cn1. The van der Waals surface area contributed by atoms with Gasteiger partial charge in [0.25, 0.3) is 5.91 Å². The molecule has 2 aromatic heterocycles. The molecular weight excluding hydrogens is 256 g/mol. The number of methoxy groups -OCH3 is 1. The summed E-state index contributed by atoms with van der Waals surface area (Å²) in [5, 5.41) is 9.79. The molecule has 3 rings (SSSR count). The van der Waals surface area contributed by atoms with E-state index in [9.17, 15) is 4.79 Å². The zero-order chi connectivity index (χ0) is 13.9. The molecule has 1 saturated carbocycles. The smallest absolute Gasteiger partial charge is 0.272 e. The van der Waals surface area contributed by atoms with Crippen molar-refractivity contribution in [1.82, 2.24) is 20.5 Å². The predicted octanol–water partition coefficient (Wildman–Crippen LogP) is 1.62. The van der Waals surface area contributed by atoms with Crippen molar-refractivity contribution in [3.8, 4) is 5.88 Å². The predicted molar refractivity (Wildman–Crippen MR) is 72.5 cm³/mol. The van der Waals surface area contributed by atoms with Gasteiger partial charge >= 0.3 is 0 Å². The molecule has 0 spiro atoms. The first-order valence-electron chi connectivity index (χ1n) is 6.58. The molecule has 1 aliphatic rings. The van der Waals surface area contributed by atoms with E-state index < -0.39 is 0 Å². The Morgan fingerprint density at radius 3 is 3.00 bits per heavy atom. The van der Waals surface area contributed by atoms with Gasteiger partial charge in [-0.25, -0.2) is 4.98 Å². The third-order valence-corrected chi connectivity index (χ3v) is 3.31. The lowest BCUT2D eigenvalue weighted by Gasteiger charge is -2.04. The maximum Gasteiger partial charge on any atom is 0.272 e. The summed E-state index contributed by atoms with van der Waals surface area (Å²) in [6.07, 6.45) is 4.04. The van der Waals surface area contributed by atoms with Gasteiger partial charge in [0.15, 0.2) is 0 Å². The highest BCUT2D eigenvalue weighted by Crippen LogP contribution is 2.38. The Morgan fingerprint density at radius 2 is 2.35 bits per heavy atom. The molecule has 2 N–H and O–H groups in total. The lowest BCUT2D eigenvalue weighted by molar-refractivity contribution is 0.0946. The van der Waals surface area contributed by atoms with Gasteiger partial charge in [0.1, 0.15) is 5.69 Å². The third kappa shape index (κ3) is 2.79. The summed E-state index contributed by atoms with van der Waals surface area (Å²) in [4.78, 5) is 16.0. The molecule has 0 saturated heterocycles. The number of aromatic amines is 1. The monoisotopic (exact) mass is 272 g/mol. The number of hydrogen-bond donors (Lipinski definition) is 2. The van der Waals surface area contributed by atoms with E-state index in [4.69, 9.17) is 4.74 Å². The highest BCUT2D eigenvalue weighted by Gasteiger charge is 2.26. The summed E-state index contributed by atoms with van der Waals surface area (Å²) in [6.45, 7) is 0.418. The van der Waals surface area contributed by atoms with Crippen LogP contribution in [0, 0.1) is 0 Å². The van der Waals surface area contributed by atoms with Crippen LogP contribution in [0.3, 0.4) is 0 Å². The van der Waals surface area contributed by atoms with Gasteiger partial charge in [-0.3, -0.25) is 9.89 Å². The quantitative estimate of drug-likeness (QED) is 0.866.